The second kappa shape index (κ2) is 6.21. The molecule has 0 amide bonds. The van der Waals surface area contributed by atoms with E-state index in [1.807, 2.05) is 18.2 Å². The van der Waals surface area contributed by atoms with Gasteiger partial charge in [-0.3, -0.25) is 4.90 Å². The lowest BCUT2D eigenvalue weighted by Crippen LogP contribution is -2.33. The van der Waals surface area contributed by atoms with Gasteiger partial charge in [0.2, 0.25) is 0 Å². The third-order valence-electron chi connectivity index (χ3n) is 3.05. The van der Waals surface area contributed by atoms with Crippen LogP contribution >= 0.6 is 0 Å². The minimum atomic E-state index is 0.885. The molecular weight excluding hydrogens is 212 g/mol. The maximum atomic E-state index is 8.66. The maximum Gasteiger partial charge on any atom is 0.0596 e. The zero-order valence-corrected chi connectivity index (χ0v) is 9.92. The lowest BCUT2D eigenvalue weighted by atomic mass is 10.1. The van der Waals surface area contributed by atoms with Crippen molar-refractivity contribution in [2.75, 3.05) is 19.6 Å². The molecule has 0 unspecified atom stereocenters. The van der Waals surface area contributed by atoms with E-state index in [0.717, 1.165) is 38.2 Å². The Morgan fingerprint density at radius 1 is 1.18 bits per heavy atom. The van der Waals surface area contributed by atoms with Gasteiger partial charge in [0.25, 0.3) is 0 Å². The number of hydrogen-bond donors (Lipinski definition) is 1. The summed E-state index contributed by atoms with van der Waals surface area (Å²) in [5.41, 5.74) is 2.16. The van der Waals surface area contributed by atoms with Gasteiger partial charge in [0.05, 0.1) is 5.71 Å². The van der Waals surface area contributed by atoms with Crippen LogP contribution in [0.1, 0.15) is 18.4 Å². The molecule has 0 aliphatic carbocycles. The van der Waals surface area contributed by atoms with E-state index in [2.05, 4.69) is 34.3 Å². The molecule has 17 heavy (non-hydrogen) atoms. The fourth-order valence-corrected chi connectivity index (χ4v) is 2.00. The number of rotatable bonds is 3. The van der Waals surface area contributed by atoms with E-state index in [0.29, 0.717) is 0 Å². The van der Waals surface area contributed by atoms with Crippen molar-refractivity contribution in [3.8, 4) is 0 Å². The van der Waals surface area contributed by atoms with Gasteiger partial charge < -0.3 is 5.21 Å². The fraction of sp³-hybridized carbons (Fsp3) is 0.357. The standard InChI is InChI=1S/C14H18N2O/c17-15-14-8-11-16(12-9-14)10-4-7-13-5-2-1-3-6-13/h1-7,17H,8-12H2/b7-4+. The van der Waals surface area contributed by atoms with Crippen LogP contribution < -0.4 is 0 Å². The molecule has 1 fully saturated rings. The highest BCUT2D eigenvalue weighted by Gasteiger charge is 2.13. The van der Waals surface area contributed by atoms with Crippen LogP contribution in [0.2, 0.25) is 0 Å². The third kappa shape index (κ3) is 3.71. The summed E-state index contributed by atoms with van der Waals surface area (Å²) in [7, 11) is 0. The minimum Gasteiger partial charge on any atom is -0.411 e. The van der Waals surface area contributed by atoms with E-state index in [9.17, 15) is 0 Å². The molecule has 3 heteroatoms. The van der Waals surface area contributed by atoms with E-state index >= 15 is 0 Å². The Kier molecular flexibility index (Phi) is 4.33. The summed E-state index contributed by atoms with van der Waals surface area (Å²) in [4.78, 5) is 2.37. The predicted octanol–water partition coefficient (Wildman–Crippen LogP) is 2.63. The largest absolute Gasteiger partial charge is 0.411 e. The van der Waals surface area contributed by atoms with Gasteiger partial charge in [-0.2, -0.15) is 0 Å². The van der Waals surface area contributed by atoms with Crippen LogP contribution in [-0.4, -0.2) is 35.5 Å². The number of benzene rings is 1. The number of hydrogen-bond acceptors (Lipinski definition) is 3. The van der Waals surface area contributed by atoms with E-state index in [1.54, 1.807) is 0 Å². The van der Waals surface area contributed by atoms with Crippen LogP contribution in [-0.2, 0) is 0 Å². The summed E-state index contributed by atoms with van der Waals surface area (Å²) in [6.07, 6.45) is 6.11. The van der Waals surface area contributed by atoms with Gasteiger partial charge in [-0.25, -0.2) is 0 Å². The molecule has 0 bridgehead atoms. The van der Waals surface area contributed by atoms with E-state index in [-0.39, 0.29) is 0 Å². The predicted molar refractivity (Wildman–Crippen MR) is 70.4 cm³/mol. The zero-order valence-electron chi connectivity index (χ0n) is 9.92. The first-order chi connectivity index (χ1) is 8.38. The molecule has 1 N–H and O–H groups in total. The summed E-state index contributed by atoms with van der Waals surface area (Å²) in [6, 6.07) is 10.3. The van der Waals surface area contributed by atoms with Crippen LogP contribution in [0.3, 0.4) is 0 Å². The van der Waals surface area contributed by atoms with Crippen molar-refractivity contribution < 1.29 is 5.21 Å². The van der Waals surface area contributed by atoms with Crippen LogP contribution in [0.5, 0.6) is 0 Å². The molecule has 1 aliphatic rings. The SMILES string of the molecule is ON=C1CCN(C/C=C/c2ccccc2)CC1. The summed E-state index contributed by atoms with van der Waals surface area (Å²) < 4.78 is 0. The molecule has 90 valence electrons. The van der Waals surface area contributed by atoms with Crippen molar-refractivity contribution in [3.05, 3.63) is 42.0 Å². The van der Waals surface area contributed by atoms with Crippen LogP contribution in [0.4, 0.5) is 0 Å². The average molecular weight is 230 g/mol. The molecular formula is C14H18N2O. The summed E-state index contributed by atoms with van der Waals surface area (Å²) in [5.74, 6) is 0. The zero-order chi connectivity index (χ0) is 11.9. The van der Waals surface area contributed by atoms with Crippen molar-refractivity contribution in [2.24, 2.45) is 5.16 Å². The van der Waals surface area contributed by atoms with Gasteiger partial charge in [-0.1, -0.05) is 47.6 Å². The molecule has 0 radical (unpaired) electrons. The molecule has 0 aromatic heterocycles. The Bertz CT molecular complexity index is 388. The first-order valence-electron chi connectivity index (χ1n) is 6.02. The number of nitrogens with zero attached hydrogens (tertiary/aromatic N) is 2. The third-order valence-corrected chi connectivity index (χ3v) is 3.05. The van der Waals surface area contributed by atoms with Gasteiger partial charge in [0.1, 0.15) is 0 Å². The number of oxime groups is 1. The average Bonchev–Trinajstić information content (AvgIpc) is 2.41. The number of piperidine rings is 1. The monoisotopic (exact) mass is 230 g/mol. The molecule has 3 nitrogen and oxygen atoms in total. The van der Waals surface area contributed by atoms with Gasteiger partial charge in [-0.05, 0) is 5.56 Å². The summed E-state index contributed by atoms with van der Waals surface area (Å²) in [5, 5.41) is 11.9. The Morgan fingerprint density at radius 3 is 2.53 bits per heavy atom. The Morgan fingerprint density at radius 2 is 1.88 bits per heavy atom. The van der Waals surface area contributed by atoms with Crippen LogP contribution in [0, 0.1) is 0 Å². The molecule has 0 spiro atoms. The lowest BCUT2D eigenvalue weighted by Gasteiger charge is -2.25. The topological polar surface area (TPSA) is 35.8 Å². The second-order valence-corrected chi connectivity index (χ2v) is 4.28. The molecule has 2 rings (SSSR count). The molecule has 1 aromatic carbocycles. The normalized spacial score (nSPS) is 17.5. The maximum absolute atomic E-state index is 8.66. The summed E-state index contributed by atoms with van der Waals surface area (Å²) >= 11 is 0. The molecule has 1 aromatic rings. The summed E-state index contributed by atoms with van der Waals surface area (Å²) in [6.45, 7) is 2.94. The van der Waals surface area contributed by atoms with E-state index < -0.39 is 0 Å². The Hall–Kier alpha value is -1.61. The van der Waals surface area contributed by atoms with Crippen molar-refractivity contribution >= 4 is 11.8 Å². The Labute approximate surface area is 102 Å². The highest BCUT2D eigenvalue weighted by Crippen LogP contribution is 2.07. The first-order valence-corrected chi connectivity index (χ1v) is 6.02. The second-order valence-electron chi connectivity index (χ2n) is 4.28. The fourth-order valence-electron chi connectivity index (χ4n) is 2.00. The molecule has 0 saturated carbocycles. The quantitative estimate of drug-likeness (QED) is 0.640. The molecule has 0 atom stereocenters. The Balaban J connectivity index is 1.78. The van der Waals surface area contributed by atoms with Crippen molar-refractivity contribution in [3.63, 3.8) is 0 Å². The van der Waals surface area contributed by atoms with Gasteiger partial charge in [-0.15, -0.1) is 0 Å². The van der Waals surface area contributed by atoms with Gasteiger partial charge >= 0.3 is 0 Å². The molecule has 1 saturated heterocycles. The smallest absolute Gasteiger partial charge is 0.0596 e. The van der Waals surface area contributed by atoms with E-state index in [4.69, 9.17) is 5.21 Å². The highest BCUT2D eigenvalue weighted by atomic mass is 16.4. The van der Waals surface area contributed by atoms with Crippen molar-refractivity contribution in [2.45, 2.75) is 12.8 Å². The number of likely N-dealkylation sites (tertiary alicyclic amines) is 1. The highest BCUT2D eigenvalue weighted by molar-refractivity contribution is 5.84. The van der Waals surface area contributed by atoms with Crippen LogP contribution in [0.25, 0.3) is 6.08 Å². The minimum absolute atomic E-state index is 0.885. The van der Waals surface area contributed by atoms with Crippen molar-refractivity contribution in [1.29, 1.82) is 0 Å². The van der Waals surface area contributed by atoms with E-state index in [1.165, 1.54) is 5.56 Å². The molecule has 1 aliphatic heterocycles. The van der Waals surface area contributed by atoms with Crippen molar-refractivity contribution in [1.82, 2.24) is 4.90 Å². The van der Waals surface area contributed by atoms with Gasteiger partial charge in [0, 0.05) is 32.5 Å². The van der Waals surface area contributed by atoms with Gasteiger partial charge in [0.15, 0.2) is 0 Å². The lowest BCUT2D eigenvalue weighted by molar-refractivity contribution is 0.283. The molecule has 1 heterocycles. The first kappa shape index (κ1) is 11.9. The van der Waals surface area contributed by atoms with Crippen LogP contribution in [0.15, 0.2) is 41.6 Å².